The van der Waals surface area contributed by atoms with E-state index < -0.39 is 0 Å². The molecule has 2 N–H and O–H groups in total. The number of aromatic nitrogens is 3. The van der Waals surface area contributed by atoms with Crippen molar-refractivity contribution in [2.75, 3.05) is 12.8 Å². The van der Waals surface area contributed by atoms with Crippen LogP contribution in [0, 0.1) is 20.8 Å². The molecule has 0 aliphatic heterocycles. The smallest absolute Gasteiger partial charge is 0.150 e. The zero-order valence-electron chi connectivity index (χ0n) is 12.6. The third-order valence-electron chi connectivity index (χ3n) is 3.83. The molecule has 0 radical (unpaired) electrons. The number of anilines is 1. The van der Waals surface area contributed by atoms with Crippen molar-refractivity contribution in [1.29, 1.82) is 0 Å². The summed E-state index contributed by atoms with van der Waals surface area (Å²) in [5.41, 5.74) is 10.2. The normalized spacial score (nSPS) is 11.0. The summed E-state index contributed by atoms with van der Waals surface area (Å²) in [6.45, 7) is 5.97. The first-order valence-electron chi connectivity index (χ1n) is 6.79. The molecule has 3 aromatic rings. The summed E-state index contributed by atoms with van der Waals surface area (Å²) in [6, 6.07) is 7.90. The maximum atomic E-state index is 6.08. The number of hydrogen-bond donors (Lipinski definition) is 1. The SMILES string of the molecule is COc1ccc(-n2c(C)c(C)c3c(N)nc(C)nc32)cc1. The standard InChI is InChI=1S/C16H18N4O/c1-9-10(2)20(12-5-7-13(21-4)8-6-12)16-14(9)15(17)18-11(3)19-16/h5-8H,1-4H3,(H2,17,18,19). The summed E-state index contributed by atoms with van der Waals surface area (Å²) in [5, 5.41) is 0.925. The lowest BCUT2D eigenvalue weighted by molar-refractivity contribution is 0.415. The Morgan fingerprint density at radius 3 is 2.33 bits per heavy atom. The van der Waals surface area contributed by atoms with E-state index in [1.165, 1.54) is 0 Å². The Kier molecular flexibility index (Phi) is 3.05. The monoisotopic (exact) mass is 282 g/mol. The lowest BCUT2D eigenvalue weighted by Gasteiger charge is -2.09. The third kappa shape index (κ3) is 2.01. The molecule has 5 heteroatoms. The van der Waals surface area contributed by atoms with Gasteiger partial charge < -0.3 is 10.5 Å². The van der Waals surface area contributed by atoms with Crippen molar-refractivity contribution in [2.45, 2.75) is 20.8 Å². The molecule has 108 valence electrons. The van der Waals surface area contributed by atoms with E-state index in [-0.39, 0.29) is 0 Å². The molecule has 0 bridgehead atoms. The van der Waals surface area contributed by atoms with Crippen molar-refractivity contribution < 1.29 is 4.74 Å². The van der Waals surface area contributed by atoms with Gasteiger partial charge >= 0.3 is 0 Å². The summed E-state index contributed by atoms with van der Waals surface area (Å²) in [7, 11) is 1.66. The molecular weight excluding hydrogens is 264 g/mol. The van der Waals surface area contributed by atoms with Gasteiger partial charge in [-0.2, -0.15) is 0 Å². The van der Waals surface area contributed by atoms with E-state index in [4.69, 9.17) is 10.5 Å². The Labute approximate surface area is 123 Å². The second kappa shape index (κ2) is 4.77. The molecule has 2 heterocycles. The summed E-state index contributed by atoms with van der Waals surface area (Å²) in [5.74, 6) is 2.03. The first-order valence-corrected chi connectivity index (χ1v) is 6.79. The van der Waals surface area contributed by atoms with Crippen molar-refractivity contribution in [3.05, 3.63) is 41.3 Å². The van der Waals surface area contributed by atoms with E-state index in [1.807, 2.05) is 38.1 Å². The minimum Gasteiger partial charge on any atom is -0.497 e. The number of benzene rings is 1. The Balaban J connectivity index is 2.33. The molecule has 0 unspecified atom stereocenters. The number of rotatable bonds is 2. The molecule has 0 aliphatic carbocycles. The van der Waals surface area contributed by atoms with Crippen LogP contribution in [0.15, 0.2) is 24.3 Å². The summed E-state index contributed by atoms with van der Waals surface area (Å²) in [4.78, 5) is 8.85. The highest BCUT2D eigenvalue weighted by Crippen LogP contribution is 2.30. The quantitative estimate of drug-likeness (QED) is 0.784. The maximum Gasteiger partial charge on any atom is 0.150 e. The number of ether oxygens (including phenoxy) is 1. The second-order valence-corrected chi connectivity index (χ2v) is 5.10. The number of nitrogen functional groups attached to an aromatic ring is 1. The molecule has 5 nitrogen and oxygen atoms in total. The first kappa shape index (κ1) is 13.4. The Morgan fingerprint density at radius 2 is 1.71 bits per heavy atom. The number of fused-ring (bicyclic) bond motifs is 1. The summed E-state index contributed by atoms with van der Waals surface area (Å²) < 4.78 is 7.32. The van der Waals surface area contributed by atoms with Crippen molar-refractivity contribution in [1.82, 2.24) is 14.5 Å². The van der Waals surface area contributed by atoms with Crippen molar-refractivity contribution in [3.63, 3.8) is 0 Å². The van der Waals surface area contributed by atoms with Gasteiger partial charge in [0.25, 0.3) is 0 Å². The van der Waals surface area contributed by atoms with Crippen LogP contribution in [0.2, 0.25) is 0 Å². The van der Waals surface area contributed by atoms with Crippen LogP contribution in [0.25, 0.3) is 16.7 Å². The molecule has 2 aromatic heterocycles. The molecule has 1 aromatic carbocycles. The van der Waals surface area contributed by atoms with Gasteiger partial charge in [0.2, 0.25) is 0 Å². The van der Waals surface area contributed by atoms with Gasteiger partial charge in [-0.25, -0.2) is 9.97 Å². The zero-order valence-corrected chi connectivity index (χ0v) is 12.6. The Bertz CT molecular complexity index is 819. The van der Waals surface area contributed by atoms with Crippen LogP contribution < -0.4 is 10.5 Å². The van der Waals surface area contributed by atoms with E-state index in [2.05, 4.69) is 21.5 Å². The van der Waals surface area contributed by atoms with Crippen molar-refractivity contribution >= 4 is 16.9 Å². The molecule has 21 heavy (non-hydrogen) atoms. The highest BCUT2D eigenvalue weighted by Gasteiger charge is 2.17. The van der Waals surface area contributed by atoms with Gasteiger partial charge in [0, 0.05) is 11.4 Å². The van der Waals surface area contributed by atoms with Gasteiger partial charge in [0.15, 0.2) is 5.65 Å². The third-order valence-corrected chi connectivity index (χ3v) is 3.83. The predicted molar refractivity (Wildman–Crippen MR) is 84.0 cm³/mol. The van der Waals surface area contributed by atoms with E-state index >= 15 is 0 Å². The molecule has 0 fully saturated rings. The number of methoxy groups -OCH3 is 1. The molecule has 0 aliphatic rings. The van der Waals surface area contributed by atoms with Crippen LogP contribution in [-0.2, 0) is 0 Å². The molecule has 0 spiro atoms. The van der Waals surface area contributed by atoms with E-state index in [0.29, 0.717) is 11.6 Å². The van der Waals surface area contributed by atoms with Crippen LogP contribution in [0.4, 0.5) is 5.82 Å². The summed E-state index contributed by atoms with van der Waals surface area (Å²) in [6.07, 6.45) is 0. The fraction of sp³-hybridized carbons (Fsp3) is 0.250. The lowest BCUT2D eigenvalue weighted by atomic mass is 10.2. The highest BCUT2D eigenvalue weighted by molar-refractivity contribution is 5.92. The molecule has 0 amide bonds. The summed E-state index contributed by atoms with van der Waals surface area (Å²) >= 11 is 0. The molecule has 0 saturated carbocycles. The van der Waals surface area contributed by atoms with Gasteiger partial charge in [0.05, 0.1) is 12.5 Å². The first-order chi connectivity index (χ1) is 10.0. The van der Waals surface area contributed by atoms with Crippen molar-refractivity contribution in [2.24, 2.45) is 0 Å². The number of nitrogens with two attached hydrogens (primary N) is 1. The van der Waals surface area contributed by atoms with Gasteiger partial charge in [-0.15, -0.1) is 0 Å². The Hall–Kier alpha value is -2.56. The largest absolute Gasteiger partial charge is 0.497 e. The zero-order chi connectivity index (χ0) is 15.1. The van der Waals surface area contributed by atoms with Crippen LogP contribution in [-0.4, -0.2) is 21.6 Å². The number of hydrogen-bond acceptors (Lipinski definition) is 4. The van der Waals surface area contributed by atoms with E-state index in [0.717, 1.165) is 33.7 Å². The fourth-order valence-electron chi connectivity index (χ4n) is 2.66. The number of aryl methyl sites for hydroxylation is 2. The predicted octanol–water partition coefficient (Wildman–Crippen LogP) is 2.94. The average molecular weight is 282 g/mol. The van der Waals surface area contributed by atoms with E-state index in [1.54, 1.807) is 7.11 Å². The molecule has 0 saturated heterocycles. The Morgan fingerprint density at radius 1 is 1.05 bits per heavy atom. The van der Waals surface area contributed by atoms with Gasteiger partial charge in [-0.3, -0.25) is 4.57 Å². The van der Waals surface area contributed by atoms with Crippen LogP contribution in [0.1, 0.15) is 17.1 Å². The number of nitrogens with zero attached hydrogens (tertiary/aromatic N) is 3. The van der Waals surface area contributed by atoms with Gasteiger partial charge in [0.1, 0.15) is 17.4 Å². The van der Waals surface area contributed by atoms with Crippen LogP contribution in [0.3, 0.4) is 0 Å². The lowest BCUT2D eigenvalue weighted by Crippen LogP contribution is -2.01. The molecule has 0 atom stereocenters. The second-order valence-electron chi connectivity index (χ2n) is 5.10. The van der Waals surface area contributed by atoms with E-state index in [9.17, 15) is 0 Å². The minimum atomic E-state index is 0.533. The van der Waals surface area contributed by atoms with Crippen molar-refractivity contribution in [3.8, 4) is 11.4 Å². The minimum absolute atomic E-state index is 0.533. The maximum absolute atomic E-state index is 6.08. The molecular formula is C16H18N4O. The van der Waals surface area contributed by atoms with Crippen LogP contribution in [0.5, 0.6) is 5.75 Å². The topological polar surface area (TPSA) is 66.0 Å². The van der Waals surface area contributed by atoms with Crippen LogP contribution >= 0.6 is 0 Å². The highest BCUT2D eigenvalue weighted by atomic mass is 16.5. The average Bonchev–Trinajstić information content (AvgIpc) is 2.71. The molecule has 3 rings (SSSR count). The fourth-order valence-corrected chi connectivity index (χ4v) is 2.66. The van der Waals surface area contributed by atoms with Gasteiger partial charge in [-0.1, -0.05) is 0 Å². The van der Waals surface area contributed by atoms with Gasteiger partial charge in [-0.05, 0) is 50.6 Å².